The van der Waals surface area contributed by atoms with Crippen LogP contribution >= 0.6 is 24.0 Å². The van der Waals surface area contributed by atoms with E-state index in [9.17, 15) is 8.42 Å². The monoisotopic (exact) mass is 548 g/mol. The Morgan fingerprint density at radius 1 is 1.13 bits per heavy atom. The van der Waals surface area contributed by atoms with Crippen LogP contribution < -0.4 is 10.6 Å². The van der Waals surface area contributed by atoms with Gasteiger partial charge in [-0.2, -0.15) is 5.10 Å². The Hall–Kier alpha value is -1.66. The first-order chi connectivity index (χ1) is 14.0. The summed E-state index contributed by atoms with van der Waals surface area (Å²) in [6, 6.07) is 10.1. The topological polar surface area (TPSA) is 91.6 Å². The van der Waals surface area contributed by atoms with Crippen LogP contribution in [0.15, 0.2) is 47.7 Å². The summed E-state index contributed by atoms with van der Waals surface area (Å²) in [7, 11) is -3.26. The smallest absolute Gasteiger partial charge is 0.215 e. The maximum Gasteiger partial charge on any atom is 0.215 e. The quantitative estimate of drug-likeness (QED) is 0.256. The second-order valence-electron chi connectivity index (χ2n) is 6.45. The van der Waals surface area contributed by atoms with E-state index in [0.29, 0.717) is 32.1 Å². The van der Waals surface area contributed by atoms with Gasteiger partial charge in [-0.1, -0.05) is 26.0 Å². The number of halogens is 1. The van der Waals surface area contributed by atoms with Gasteiger partial charge >= 0.3 is 0 Å². The summed E-state index contributed by atoms with van der Waals surface area (Å²) in [5.41, 5.74) is 2.23. The van der Waals surface area contributed by atoms with E-state index in [-0.39, 0.29) is 36.3 Å². The first-order valence-electron chi connectivity index (χ1n) is 10.1. The van der Waals surface area contributed by atoms with Crippen molar-refractivity contribution in [3.8, 4) is 5.69 Å². The van der Waals surface area contributed by atoms with Crippen molar-refractivity contribution >= 4 is 40.0 Å². The zero-order valence-electron chi connectivity index (χ0n) is 17.9. The molecule has 0 saturated carbocycles. The fraction of sp³-hybridized carbons (Fsp3) is 0.500. The lowest BCUT2D eigenvalue weighted by Crippen LogP contribution is -2.39. The number of aliphatic imine (C=N–C) groups is 1. The predicted octanol–water partition coefficient (Wildman–Crippen LogP) is 2.26. The Morgan fingerprint density at radius 2 is 1.83 bits per heavy atom. The summed E-state index contributed by atoms with van der Waals surface area (Å²) < 4.78 is 27.8. The summed E-state index contributed by atoms with van der Waals surface area (Å²) >= 11 is 0. The van der Waals surface area contributed by atoms with Gasteiger partial charge in [0.15, 0.2) is 5.96 Å². The molecule has 2 rings (SSSR count). The second-order valence-corrected chi connectivity index (χ2v) is 8.54. The van der Waals surface area contributed by atoms with Crippen LogP contribution in [-0.2, 0) is 16.4 Å². The van der Waals surface area contributed by atoms with Crippen LogP contribution in [0.4, 0.5) is 0 Å². The Balaban J connectivity index is 0.00000450. The summed E-state index contributed by atoms with van der Waals surface area (Å²) in [6.07, 6.45) is 4.50. The number of benzene rings is 1. The molecule has 1 aromatic carbocycles. The van der Waals surface area contributed by atoms with E-state index < -0.39 is 10.0 Å². The summed E-state index contributed by atoms with van der Waals surface area (Å²) in [6.45, 7) is 8.29. The largest absolute Gasteiger partial charge is 0.357 e. The number of rotatable bonds is 11. The molecule has 30 heavy (non-hydrogen) atoms. The highest BCUT2D eigenvalue weighted by molar-refractivity contribution is 14.0. The van der Waals surface area contributed by atoms with Crippen LogP contribution in [-0.4, -0.2) is 66.9 Å². The van der Waals surface area contributed by atoms with E-state index in [1.165, 1.54) is 9.87 Å². The van der Waals surface area contributed by atoms with Crippen molar-refractivity contribution in [2.24, 2.45) is 4.99 Å². The molecule has 0 aliphatic rings. The van der Waals surface area contributed by atoms with Gasteiger partial charge in [0.2, 0.25) is 10.0 Å². The fourth-order valence-electron chi connectivity index (χ4n) is 2.92. The molecule has 0 fully saturated rings. The molecule has 0 saturated heterocycles. The van der Waals surface area contributed by atoms with Crippen LogP contribution in [0.2, 0.25) is 0 Å². The first-order valence-corrected chi connectivity index (χ1v) is 11.7. The van der Waals surface area contributed by atoms with Crippen molar-refractivity contribution in [3.05, 3.63) is 48.3 Å². The maximum absolute atomic E-state index is 12.3. The molecule has 0 spiro atoms. The van der Waals surface area contributed by atoms with Gasteiger partial charge in [0, 0.05) is 38.6 Å². The standard InChI is InChI=1S/C20H32N6O2S.HI/c1-4-21-20(23-15-17-29(27,28)25(5-2)6-3)22-14-12-18-8-10-19(11-9-18)26-16-7-13-24-26;/h7-11,13,16H,4-6,12,14-15,17H2,1-3H3,(H2,21,22,23);1H. The second kappa shape index (κ2) is 13.6. The zero-order valence-corrected chi connectivity index (χ0v) is 21.1. The van der Waals surface area contributed by atoms with Gasteiger partial charge in [0.05, 0.1) is 18.0 Å². The van der Waals surface area contributed by atoms with Gasteiger partial charge in [-0.15, -0.1) is 24.0 Å². The van der Waals surface area contributed by atoms with Gasteiger partial charge in [-0.25, -0.2) is 17.4 Å². The van der Waals surface area contributed by atoms with Gasteiger partial charge in [0.25, 0.3) is 0 Å². The van der Waals surface area contributed by atoms with Crippen molar-refractivity contribution in [2.45, 2.75) is 27.2 Å². The predicted molar refractivity (Wildman–Crippen MR) is 133 cm³/mol. The highest BCUT2D eigenvalue weighted by Crippen LogP contribution is 2.08. The van der Waals surface area contributed by atoms with Crippen LogP contribution in [0.25, 0.3) is 5.69 Å². The minimum atomic E-state index is -3.26. The summed E-state index contributed by atoms with van der Waals surface area (Å²) in [4.78, 5) is 4.41. The normalized spacial score (nSPS) is 11.9. The highest BCUT2D eigenvalue weighted by atomic mass is 127. The number of guanidine groups is 1. The van der Waals surface area contributed by atoms with Crippen molar-refractivity contribution < 1.29 is 8.42 Å². The van der Waals surface area contributed by atoms with Crippen LogP contribution in [0.5, 0.6) is 0 Å². The molecule has 8 nitrogen and oxygen atoms in total. The van der Waals surface area contributed by atoms with Gasteiger partial charge < -0.3 is 10.6 Å². The summed E-state index contributed by atoms with van der Waals surface area (Å²) in [5.74, 6) is 0.649. The molecule has 168 valence electrons. The van der Waals surface area contributed by atoms with E-state index in [1.807, 2.05) is 49.8 Å². The van der Waals surface area contributed by atoms with E-state index >= 15 is 0 Å². The lowest BCUT2D eigenvalue weighted by atomic mass is 10.1. The van der Waals surface area contributed by atoms with Gasteiger partial charge in [-0.05, 0) is 37.1 Å². The van der Waals surface area contributed by atoms with E-state index in [2.05, 4.69) is 32.9 Å². The molecule has 1 aromatic heterocycles. The van der Waals surface area contributed by atoms with Crippen LogP contribution in [0.1, 0.15) is 26.3 Å². The Labute approximate surface area is 197 Å². The molecule has 1 heterocycles. The number of aromatic nitrogens is 2. The number of hydrogen-bond donors (Lipinski definition) is 2. The van der Waals surface area contributed by atoms with Crippen molar-refractivity contribution in [1.29, 1.82) is 0 Å². The van der Waals surface area contributed by atoms with Gasteiger partial charge in [0.1, 0.15) is 0 Å². The third-order valence-corrected chi connectivity index (χ3v) is 6.48. The SMILES string of the molecule is CCNC(=NCCS(=O)(=O)N(CC)CC)NCCc1ccc(-n2cccn2)cc1.I. The van der Waals surface area contributed by atoms with Crippen molar-refractivity contribution in [3.63, 3.8) is 0 Å². The lowest BCUT2D eigenvalue weighted by Gasteiger charge is -2.18. The first kappa shape index (κ1) is 26.4. The third kappa shape index (κ3) is 8.23. The highest BCUT2D eigenvalue weighted by Gasteiger charge is 2.17. The minimum Gasteiger partial charge on any atom is -0.357 e. The molecule has 2 N–H and O–H groups in total. The molecule has 0 amide bonds. The van der Waals surface area contributed by atoms with E-state index in [4.69, 9.17) is 0 Å². The number of nitrogens with one attached hydrogen (secondary N) is 2. The Kier molecular flexibility index (Phi) is 12.0. The zero-order chi connectivity index (χ0) is 21.1. The lowest BCUT2D eigenvalue weighted by molar-refractivity contribution is 0.445. The molecule has 0 aliphatic heterocycles. The Morgan fingerprint density at radius 3 is 2.40 bits per heavy atom. The minimum absolute atomic E-state index is 0. The molecular formula is C20H33IN6O2S. The Bertz CT molecular complexity index is 850. The molecule has 0 unspecified atom stereocenters. The molecule has 0 atom stereocenters. The third-order valence-electron chi connectivity index (χ3n) is 4.47. The number of nitrogens with zero attached hydrogens (tertiary/aromatic N) is 4. The molecule has 2 aromatic rings. The van der Waals surface area contributed by atoms with Crippen LogP contribution in [0.3, 0.4) is 0 Å². The number of sulfonamides is 1. The molecule has 0 aliphatic carbocycles. The average molecular weight is 548 g/mol. The maximum atomic E-state index is 12.3. The average Bonchev–Trinajstić information content (AvgIpc) is 3.24. The molecule has 10 heteroatoms. The molecule has 0 bridgehead atoms. The van der Waals surface area contributed by atoms with Crippen LogP contribution in [0, 0.1) is 0 Å². The van der Waals surface area contributed by atoms with Gasteiger partial charge in [-0.3, -0.25) is 4.99 Å². The van der Waals surface area contributed by atoms with E-state index in [0.717, 1.165) is 12.1 Å². The fourth-order valence-corrected chi connectivity index (χ4v) is 4.29. The van der Waals surface area contributed by atoms with E-state index in [1.54, 1.807) is 6.20 Å². The molecule has 0 radical (unpaired) electrons. The van der Waals surface area contributed by atoms with Crippen molar-refractivity contribution in [2.75, 3.05) is 38.5 Å². The van der Waals surface area contributed by atoms with Crippen molar-refractivity contribution in [1.82, 2.24) is 24.7 Å². The number of hydrogen-bond acceptors (Lipinski definition) is 4. The summed E-state index contributed by atoms with van der Waals surface area (Å²) in [5, 5.41) is 10.7. The molecular weight excluding hydrogens is 515 g/mol.